The minimum atomic E-state index is 0.214. The molecule has 0 bridgehead atoms. The quantitative estimate of drug-likeness (QED) is 0.841. The highest BCUT2D eigenvalue weighted by Crippen LogP contribution is 2.50. The van der Waals surface area contributed by atoms with Gasteiger partial charge in [0.05, 0.1) is 5.02 Å². The number of amides is 1. The topological polar surface area (TPSA) is 36.4 Å². The van der Waals surface area contributed by atoms with E-state index in [1.165, 1.54) is 31.2 Å². The lowest BCUT2D eigenvalue weighted by atomic mass is 9.76. The summed E-state index contributed by atoms with van der Waals surface area (Å²) in [4.78, 5) is 21.8. The Bertz CT molecular complexity index is 616. The Labute approximate surface area is 149 Å². The summed E-state index contributed by atoms with van der Waals surface area (Å²) in [6.07, 6.45) is 10.6. The van der Waals surface area contributed by atoms with Crippen LogP contribution in [-0.2, 0) is 11.3 Å². The normalized spacial score (nSPS) is 30.5. The molecule has 1 spiro atoms. The molecule has 4 nitrogen and oxygen atoms in total. The number of hydrogen-bond acceptors (Lipinski definition) is 3. The van der Waals surface area contributed by atoms with Crippen LogP contribution in [0.3, 0.4) is 0 Å². The third-order valence-electron chi connectivity index (χ3n) is 6.25. The van der Waals surface area contributed by atoms with Crippen LogP contribution in [0.15, 0.2) is 18.5 Å². The Hall–Kier alpha value is -1.13. The molecule has 0 unspecified atom stereocenters. The van der Waals surface area contributed by atoms with Crippen molar-refractivity contribution in [1.82, 2.24) is 14.8 Å². The third kappa shape index (κ3) is 3.06. The molecule has 1 saturated carbocycles. The molecule has 1 aliphatic carbocycles. The number of likely N-dealkylation sites (tertiary alicyclic amines) is 2. The van der Waals surface area contributed by atoms with Crippen LogP contribution in [0.5, 0.6) is 0 Å². The van der Waals surface area contributed by atoms with Crippen LogP contribution in [0.1, 0.15) is 44.1 Å². The second-order valence-corrected chi connectivity index (χ2v) is 8.25. The predicted octanol–water partition coefficient (Wildman–Crippen LogP) is 3.35. The molecular weight excluding hydrogens is 322 g/mol. The Kier molecular flexibility index (Phi) is 4.52. The summed E-state index contributed by atoms with van der Waals surface area (Å²) >= 11 is 6.06. The fourth-order valence-corrected chi connectivity index (χ4v) is 5.29. The van der Waals surface area contributed by atoms with Gasteiger partial charge in [-0.3, -0.25) is 14.7 Å². The van der Waals surface area contributed by atoms with Crippen molar-refractivity contribution in [3.05, 3.63) is 29.0 Å². The van der Waals surface area contributed by atoms with Gasteiger partial charge in [-0.25, -0.2) is 0 Å². The van der Waals surface area contributed by atoms with Crippen molar-refractivity contribution in [1.29, 1.82) is 0 Å². The Morgan fingerprint density at radius 2 is 2.04 bits per heavy atom. The molecular formula is C19H26ClN3O. The van der Waals surface area contributed by atoms with Gasteiger partial charge in [0.2, 0.25) is 5.91 Å². The molecule has 2 saturated heterocycles. The number of pyridine rings is 1. The summed E-state index contributed by atoms with van der Waals surface area (Å²) < 4.78 is 0. The van der Waals surface area contributed by atoms with Crippen LogP contribution < -0.4 is 0 Å². The van der Waals surface area contributed by atoms with Crippen LogP contribution in [0.2, 0.25) is 5.02 Å². The lowest BCUT2D eigenvalue weighted by Gasteiger charge is -2.33. The van der Waals surface area contributed by atoms with Gasteiger partial charge < -0.3 is 4.90 Å². The number of halogens is 1. The van der Waals surface area contributed by atoms with E-state index in [4.69, 9.17) is 11.6 Å². The molecule has 24 heavy (non-hydrogen) atoms. The van der Waals surface area contributed by atoms with E-state index in [-0.39, 0.29) is 11.3 Å². The lowest BCUT2D eigenvalue weighted by Crippen LogP contribution is -2.42. The smallest absolute Gasteiger partial charge is 0.226 e. The maximum Gasteiger partial charge on any atom is 0.226 e. The van der Waals surface area contributed by atoms with Gasteiger partial charge in [0.15, 0.2) is 0 Å². The molecule has 1 amide bonds. The van der Waals surface area contributed by atoms with E-state index in [9.17, 15) is 4.79 Å². The second kappa shape index (κ2) is 6.64. The number of carbonyl (C=O) groups excluding carboxylic acids is 1. The zero-order chi connectivity index (χ0) is 16.6. The van der Waals surface area contributed by atoms with E-state index >= 15 is 0 Å². The van der Waals surface area contributed by atoms with Crippen LogP contribution in [0.25, 0.3) is 0 Å². The number of rotatable bonds is 3. The molecule has 1 aromatic rings. The molecule has 3 heterocycles. The van der Waals surface area contributed by atoms with Crippen molar-refractivity contribution >= 4 is 17.5 Å². The van der Waals surface area contributed by atoms with Crippen molar-refractivity contribution in [2.75, 3.05) is 26.2 Å². The molecule has 130 valence electrons. The van der Waals surface area contributed by atoms with Gasteiger partial charge in [-0.2, -0.15) is 0 Å². The minimum Gasteiger partial charge on any atom is -0.342 e. The molecule has 3 fully saturated rings. The number of hydrogen-bond donors (Lipinski definition) is 0. The Morgan fingerprint density at radius 3 is 2.83 bits per heavy atom. The van der Waals surface area contributed by atoms with E-state index in [1.807, 2.05) is 12.3 Å². The van der Waals surface area contributed by atoms with E-state index in [0.29, 0.717) is 10.9 Å². The molecule has 0 radical (unpaired) electrons. The second-order valence-electron chi connectivity index (χ2n) is 7.81. The monoisotopic (exact) mass is 347 g/mol. The molecule has 0 N–H and O–H groups in total. The van der Waals surface area contributed by atoms with Crippen molar-refractivity contribution in [2.45, 2.75) is 45.1 Å². The van der Waals surface area contributed by atoms with Crippen LogP contribution in [0, 0.1) is 11.3 Å². The van der Waals surface area contributed by atoms with Gasteiger partial charge in [0.25, 0.3) is 0 Å². The summed E-state index contributed by atoms with van der Waals surface area (Å²) in [5, 5.41) is 0.698. The maximum absolute atomic E-state index is 13.0. The van der Waals surface area contributed by atoms with E-state index in [2.05, 4.69) is 14.8 Å². The third-order valence-corrected chi connectivity index (χ3v) is 6.46. The fraction of sp³-hybridized carbons (Fsp3) is 0.684. The summed E-state index contributed by atoms with van der Waals surface area (Å²) in [5.74, 6) is 0.689. The first-order valence-corrected chi connectivity index (χ1v) is 9.65. The van der Waals surface area contributed by atoms with Crippen molar-refractivity contribution in [3.8, 4) is 0 Å². The molecule has 2 aliphatic heterocycles. The zero-order valence-corrected chi connectivity index (χ0v) is 15.0. The van der Waals surface area contributed by atoms with Crippen LogP contribution in [-0.4, -0.2) is 46.9 Å². The van der Waals surface area contributed by atoms with Gasteiger partial charge in [0, 0.05) is 44.5 Å². The van der Waals surface area contributed by atoms with Gasteiger partial charge in [-0.1, -0.05) is 18.0 Å². The molecule has 3 aliphatic rings. The lowest BCUT2D eigenvalue weighted by molar-refractivity contribution is -0.137. The summed E-state index contributed by atoms with van der Waals surface area (Å²) in [5.41, 5.74) is 1.38. The van der Waals surface area contributed by atoms with Gasteiger partial charge >= 0.3 is 0 Å². The van der Waals surface area contributed by atoms with Crippen LogP contribution >= 0.6 is 11.6 Å². The number of nitrogens with zero attached hydrogens (tertiary/aromatic N) is 3. The largest absolute Gasteiger partial charge is 0.342 e. The standard InChI is InChI=1S/C19H26ClN3O/c20-16-10-15(11-21-12-16)13-22-9-6-19(14-22)5-3-4-17(19)18(24)23-7-1-2-8-23/h10-12,17H,1-9,13-14H2/t17-,19+/m0/s1. The number of carbonyl (C=O) groups is 1. The minimum absolute atomic E-state index is 0.214. The van der Waals surface area contributed by atoms with E-state index < -0.39 is 0 Å². The molecule has 5 heteroatoms. The molecule has 1 aromatic heterocycles. The van der Waals surface area contributed by atoms with Crippen molar-refractivity contribution < 1.29 is 4.79 Å². The Morgan fingerprint density at radius 1 is 1.21 bits per heavy atom. The van der Waals surface area contributed by atoms with Crippen LogP contribution in [0.4, 0.5) is 0 Å². The highest BCUT2D eigenvalue weighted by molar-refractivity contribution is 6.30. The first-order chi connectivity index (χ1) is 11.7. The van der Waals surface area contributed by atoms with Crippen molar-refractivity contribution in [3.63, 3.8) is 0 Å². The highest BCUT2D eigenvalue weighted by Gasteiger charge is 2.51. The van der Waals surface area contributed by atoms with E-state index in [1.54, 1.807) is 6.20 Å². The van der Waals surface area contributed by atoms with Crippen molar-refractivity contribution in [2.24, 2.45) is 11.3 Å². The van der Waals surface area contributed by atoms with E-state index in [0.717, 1.165) is 45.6 Å². The van der Waals surface area contributed by atoms with Gasteiger partial charge in [-0.15, -0.1) is 0 Å². The SMILES string of the molecule is O=C([C@@H]1CCC[C@]12CCN(Cc1cncc(Cl)c1)C2)N1CCCC1. The first-order valence-electron chi connectivity index (χ1n) is 9.27. The maximum atomic E-state index is 13.0. The fourth-order valence-electron chi connectivity index (χ4n) is 5.09. The highest BCUT2D eigenvalue weighted by atomic mass is 35.5. The first kappa shape index (κ1) is 16.3. The zero-order valence-electron chi connectivity index (χ0n) is 14.2. The predicted molar refractivity (Wildman–Crippen MR) is 94.7 cm³/mol. The number of aromatic nitrogens is 1. The molecule has 2 atom stereocenters. The average Bonchev–Trinajstić information content (AvgIpc) is 3.30. The molecule has 4 rings (SSSR count). The average molecular weight is 348 g/mol. The summed E-state index contributed by atoms with van der Waals surface area (Å²) in [6.45, 7) is 4.96. The summed E-state index contributed by atoms with van der Waals surface area (Å²) in [7, 11) is 0. The molecule has 0 aromatic carbocycles. The van der Waals surface area contributed by atoms with Gasteiger partial charge in [0.1, 0.15) is 0 Å². The Balaban J connectivity index is 1.44. The van der Waals surface area contributed by atoms with Gasteiger partial charge in [-0.05, 0) is 55.7 Å². The summed E-state index contributed by atoms with van der Waals surface area (Å²) in [6, 6.07) is 2.00.